The summed E-state index contributed by atoms with van der Waals surface area (Å²) in [5.41, 5.74) is 5.92. The van der Waals surface area contributed by atoms with Crippen molar-refractivity contribution in [2.24, 2.45) is 0 Å². The summed E-state index contributed by atoms with van der Waals surface area (Å²) in [7, 11) is 0. The fourth-order valence-corrected chi connectivity index (χ4v) is 5.50. The van der Waals surface area contributed by atoms with Gasteiger partial charge in [-0.15, -0.1) is 10.2 Å². The van der Waals surface area contributed by atoms with Gasteiger partial charge in [-0.3, -0.25) is 18.6 Å². The number of hydrogen-bond acceptors (Lipinski definition) is 5. The van der Waals surface area contributed by atoms with E-state index in [1.165, 1.54) is 0 Å². The van der Waals surface area contributed by atoms with E-state index in [2.05, 4.69) is 23.2 Å². The van der Waals surface area contributed by atoms with Crippen molar-refractivity contribution in [3.63, 3.8) is 0 Å². The van der Waals surface area contributed by atoms with E-state index >= 15 is 0 Å². The fourth-order valence-electron chi connectivity index (χ4n) is 4.38. The Hall–Kier alpha value is -2.93. The zero-order valence-electron chi connectivity index (χ0n) is 18.5. The SMILES string of the molecule is CCCn1c(=O)c2ccccc2n2c(SCc3c(C)cc(C)c(C(C)=O)c3C)nnc12. The van der Waals surface area contributed by atoms with E-state index < -0.39 is 0 Å². The number of hydrogen-bond donors (Lipinski definition) is 0. The van der Waals surface area contributed by atoms with Crippen LogP contribution >= 0.6 is 11.8 Å². The standard InChI is InChI=1S/C24H26N4O2S/c1-6-11-27-22(30)18-9-7-8-10-20(18)28-23(27)25-26-24(28)31-13-19-14(2)12-15(3)21(16(19)4)17(5)29/h7-10,12H,6,11,13H2,1-5H3. The summed E-state index contributed by atoms with van der Waals surface area (Å²) >= 11 is 1.57. The van der Waals surface area contributed by atoms with Crippen LogP contribution in [0.15, 0.2) is 40.3 Å². The van der Waals surface area contributed by atoms with Gasteiger partial charge in [0.1, 0.15) is 0 Å². The molecular formula is C24H26N4O2S. The maximum Gasteiger partial charge on any atom is 0.262 e. The summed E-state index contributed by atoms with van der Waals surface area (Å²) in [6.07, 6.45) is 0.832. The molecule has 0 bridgehead atoms. The van der Waals surface area contributed by atoms with Crippen LogP contribution in [0, 0.1) is 20.8 Å². The molecule has 0 atom stereocenters. The average molecular weight is 435 g/mol. The third-order valence-electron chi connectivity index (χ3n) is 5.75. The third kappa shape index (κ3) is 3.57. The molecule has 0 fully saturated rings. The number of rotatable bonds is 6. The average Bonchev–Trinajstić information content (AvgIpc) is 3.14. The maximum absolute atomic E-state index is 13.0. The van der Waals surface area contributed by atoms with Gasteiger partial charge >= 0.3 is 0 Å². The topological polar surface area (TPSA) is 69.3 Å². The first-order valence-electron chi connectivity index (χ1n) is 10.4. The molecule has 31 heavy (non-hydrogen) atoms. The van der Waals surface area contributed by atoms with E-state index in [4.69, 9.17) is 0 Å². The number of Topliss-reactive ketones (excluding diaryl/α,β-unsaturated/α-hetero) is 1. The second-order valence-corrected chi connectivity index (χ2v) is 8.87. The van der Waals surface area contributed by atoms with Crippen LogP contribution in [-0.2, 0) is 12.3 Å². The minimum atomic E-state index is -0.0368. The second-order valence-electron chi connectivity index (χ2n) is 7.93. The lowest BCUT2D eigenvalue weighted by Gasteiger charge is -2.15. The molecule has 0 amide bonds. The summed E-state index contributed by atoms with van der Waals surface area (Å²) < 4.78 is 3.68. The van der Waals surface area contributed by atoms with Crippen molar-refractivity contribution in [3.05, 3.63) is 68.5 Å². The Kier molecular flexibility index (Phi) is 5.71. The minimum Gasteiger partial charge on any atom is -0.294 e. The number of carbonyl (C=O) groups excluding carboxylic acids is 1. The van der Waals surface area contributed by atoms with Gasteiger partial charge in [-0.25, -0.2) is 0 Å². The number of fused-ring (bicyclic) bond motifs is 3. The van der Waals surface area contributed by atoms with E-state index in [-0.39, 0.29) is 11.3 Å². The predicted octanol–water partition coefficient (Wildman–Crippen LogP) is 4.87. The lowest BCUT2D eigenvalue weighted by atomic mass is 9.92. The van der Waals surface area contributed by atoms with Gasteiger partial charge in [0.25, 0.3) is 5.56 Å². The first-order chi connectivity index (χ1) is 14.8. The fraction of sp³-hybridized carbons (Fsp3) is 0.333. The molecular weight excluding hydrogens is 408 g/mol. The van der Waals surface area contributed by atoms with Crippen molar-refractivity contribution in [2.75, 3.05) is 0 Å². The van der Waals surface area contributed by atoms with E-state index in [1.807, 2.05) is 49.4 Å². The van der Waals surface area contributed by atoms with Gasteiger partial charge in [0, 0.05) is 17.9 Å². The van der Waals surface area contributed by atoms with Crippen molar-refractivity contribution >= 4 is 34.2 Å². The van der Waals surface area contributed by atoms with Gasteiger partial charge in [-0.05, 0) is 68.5 Å². The van der Waals surface area contributed by atoms with E-state index in [0.717, 1.165) is 44.9 Å². The van der Waals surface area contributed by atoms with Crippen molar-refractivity contribution in [1.29, 1.82) is 0 Å². The quantitative estimate of drug-likeness (QED) is 0.320. The van der Waals surface area contributed by atoms with Crippen LogP contribution < -0.4 is 5.56 Å². The van der Waals surface area contributed by atoms with Crippen LogP contribution in [0.4, 0.5) is 0 Å². The van der Waals surface area contributed by atoms with Crippen LogP contribution in [0.3, 0.4) is 0 Å². The largest absolute Gasteiger partial charge is 0.294 e. The molecule has 0 spiro atoms. The maximum atomic E-state index is 13.0. The number of nitrogens with zero attached hydrogens (tertiary/aromatic N) is 4. The molecule has 0 aliphatic heterocycles. The highest BCUT2D eigenvalue weighted by molar-refractivity contribution is 7.98. The number of thioether (sulfide) groups is 1. The lowest BCUT2D eigenvalue weighted by Crippen LogP contribution is -2.23. The first-order valence-corrected chi connectivity index (χ1v) is 11.4. The summed E-state index contributed by atoms with van der Waals surface area (Å²) in [6.45, 7) is 10.3. The molecule has 2 aromatic heterocycles. The number of aryl methyl sites for hydroxylation is 3. The summed E-state index contributed by atoms with van der Waals surface area (Å²) in [4.78, 5) is 25.2. The molecule has 160 valence electrons. The summed E-state index contributed by atoms with van der Waals surface area (Å²) in [5.74, 6) is 1.32. The van der Waals surface area contributed by atoms with Gasteiger partial charge in [0.15, 0.2) is 10.9 Å². The Morgan fingerprint density at radius 3 is 2.55 bits per heavy atom. The molecule has 2 heterocycles. The van der Waals surface area contributed by atoms with Crippen molar-refractivity contribution < 1.29 is 4.79 Å². The van der Waals surface area contributed by atoms with Gasteiger partial charge in [-0.2, -0.15) is 0 Å². The molecule has 0 aliphatic rings. The molecule has 0 saturated carbocycles. The predicted molar refractivity (Wildman–Crippen MR) is 125 cm³/mol. The molecule has 2 aromatic carbocycles. The van der Waals surface area contributed by atoms with Crippen LogP contribution in [0.1, 0.15) is 52.9 Å². The van der Waals surface area contributed by atoms with Gasteiger partial charge in [0.2, 0.25) is 5.78 Å². The zero-order chi connectivity index (χ0) is 22.3. The highest BCUT2D eigenvalue weighted by atomic mass is 32.2. The first kappa shape index (κ1) is 21.3. The van der Waals surface area contributed by atoms with Crippen LogP contribution in [0.5, 0.6) is 0 Å². The Balaban J connectivity index is 1.84. The number of aromatic nitrogens is 4. The lowest BCUT2D eigenvalue weighted by molar-refractivity contribution is 0.101. The van der Waals surface area contributed by atoms with Crippen LogP contribution in [0.2, 0.25) is 0 Å². The van der Waals surface area contributed by atoms with Crippen LogP contribution in [-0.4, -0.2) is 24.9 Å². The van der Waals surface area contributed by atoms with E-state index in [0.29, 0.717) is 23.5 Å². The summed E-state index contributed by atoms with van der Waals surface area (Å²) in [5, 5.41) is 10.2. The summed E-state index contributed by atoms with van der Waals surface area (Å²) in [6, 6.07) is 9.67. The van der Waals surface area contributed by atoms with E-state index in [9.17, 15) is 9.59 Å². The molecule has 4 aromatic rings. The monoisotopic (exact) mass is 434 g/mol. The molecule has 7 heteroatoms. The Labute approximate surface area is 185 Å². The van der Waals surface area contributed by atoms with Crippen molar-refractivity contribution in [1.82, 2.24) is 19.2 Å². The molecule has 0 unspecified atom stereocenters. The van der Waals surface area contributed by atoms with Gasteiger partial charge < -0.3 is 0 Å². The molecule has 0 N–H and O–H groups in total. The number of ketones is 1. The zero-order valence-corrected chi connectivity index (χ0v) is 19.3. The van der Waals surface area contributed by atoms with Crippen LogP contribution in [0.25, 0.3) is 16.7 Å². The van der Waals surface area contributed by atoms with Crippen molar-refractivity contribution in [3.8, 4) is 0 Å². The number of benzene rings is 2. The van der Waals surface area contributed by atoms with Gasteiger partial charge in [0.05, 0.1) is 10.9 Å². The number of para-hydroxylation sites is 1. The third-order valence-corrected chi connectivity index (χ3v) is 6.71. The molecule has 0 saturated heterocycles. The number of carbonyl (C=O) groups is 1. The molecule has 0 radical (unpaired) electrons. The van der Waals surface area contributed by atoms with Crippen molar-refractivity contribution in [2.45, 2.75) is 58.5 Å². The van der Waals surface area contributed by atoms with E-state index in [1.54, 1.807) is 23.3 Å². The highest BCUT2D eigenvalue weighted by Crippen LogP contribution is 2.30. The minimum absolute atomic E-state index is 0.0368. The second kappa shape index (κ2) is 8.30. The normalized spacial score (nSPS) is 11.5. The molecule has 4 rings (SSSR count). The molecule has 6 nitrogen and oxygen atoms in total. The Morgan fingerprint density at radius 2 is 1.84 bits per heavy atom. The highest BCUT2D eigenvalue weighted by Gasteiger charge is 2.18. The van der Waals surface area contributed by atoms with Gasteiger partial charge in [-0.1, -0.05) is 36.9 Å². The molecule has 0 aliphatic carbocycles. The smallest absolute Gasteiger partial charge is 0.262 e. The Bertz CT molecular complexity index is 1380. The Morgan fingerprint density at radius 1 is 1.10 bits per heavy atom.